The molecule has 0 aliphatic rings. The molecule has 0 saturated heterocycles. The zero-order valence-electron chi connectivity index (χ0n) is 9.72. The van der Waals surface area contributed by atoms with Crippen LogP contribution >= 0.6 is 0 Å². The fourth-order valence-electron chi connectivity index (χ4n) is 1.51. The molecule has 2 aromatic heterocycles. The Morgan fingerprint density at radius 1 is 1.30 bits per heavy atom. The van der Waals surface area contributed by atoms with Crippen LogP contribution in [-0.4, -0.2) is 26.0 Å². The third-order valence-corrected chi connectivity index (χ3v) is 2.36. The predicted octanol–water partition coefficient (Wildman–Crippen LogP) is 1.84. The van der Waals surface area contributed by atoms with Crippen molar-refractivity contribution in [3.8, 4) is 11.4 Å². The van der Waals surface area contributed by atoms with Gasteiger partial charge in [-0.1, -0.05) is 0 Å². The molecular formula is C11H7F3N4O2. The molecule has 0 unspecified atom stereocenters. The van der Waals surface area contributed by atoms with Gasteiger partial charge in [0.2, 0.25) is 0 Å². The van der Waals surface area contributed by atoms with E-state index < -0.39 is 29.1 Å². The Bertz CT molecular complexity index is 673. The van der Waals surface area contributed by atoms with Crippen LogP contribution in [-0.2, 0) is 6.18 Å². The summed E-state index contributed by atoms with van der Waals surface area (Å²) in [5.41, 5.74) is 2.82. The third kappa shape index (κ3) is 2.51. The van der Waals surface area contributed by atoms with Crippen molar-refractivity contribution >= 4 is 11.8 Å². The highest BCUT2D eigenvalue weighted by atomic mass is 19.4. The quantitative estimate of drug-likeness (QED) is 0.872. The molecule has 104 valence electrons. The molecule has 0 aliphatic carbocycles. The number of hydrogen-bond donors (Lipinski definition) is 2. The summed E-state index contributed by atoms with van der Waals surface area (Å²) in [7, 11) is 0. The number of alkyl halides is 3. The highest BCUT2D eigenvalue weighted by molar-refractivity contribution is 5.90. The molecule has 6 nitrogen and oxygen atoms in total. The Morgan fingerprint density at radius 3 is 2.60 bits per heavy atom. The SMILES string of the molecule is Nc1ncc(-c2ncccc2C(F)(F)F)nc1C(=O)O. The Kier molecular flexibility index (Phi) is 3.26. The van der Waals surface area contributed by atoms with E-state index in [1.165, 1.54) is 0 Å². The average Bonchev–Trinajstić information content (AvgIpc) is 2.38. The van der Waals surface area contributed by atoms with Gasteiger partial charge in [0.1, 0.15) is 11.4 Å². The first-order chi connectivity index (χ1) is 9.30. The van der Waals surface area contributed by atoms with Crippen LogP contribution in [0.3, 0.4) is 0 Å². The Balaban J connectivity index is 2.64. The molecule has 2 aromatic rings. The smallest absolute Gasteiger partial charge is 0.418 e. The number of anilines is 1. The van der Waals surface area contributed by atoms with Crippen molar-refractivity contribution in [3.63, 3.8) is 0 Å². The van der Waals surface area contributed by atoms with Gasteiger partial charge >= 0.3 is 12.1 Å². The maximum absolute atomic E-state index is 12.8. The van der Waals surface area contributed by atoms with Crippen LogP contribution in [0, 0.1) is 0 Å². The lowest BCUT2D eigenvalue weighted by atomic mass is 10.1. The minimum Gasteiger partial charge on any atom is -0.476 e. The van der Waals surface area contributed by atoms with Gasteiger partial charge < -0.3 is 10.8 Å². The number of rotatable bonds is 2. The maximum atomic E-state index is 12.8. The molecule has 0 saturated carbocycles. The second kappa shape index (κ2) is 4.76. The van der Waals surface area contributed by atoms with Crippen molar-refractivity contribution in [1.29, 1.82) is 0 Å². The molecule has 20 heavy (non-hydrogen) atoms. The number of pyridine rings is 1. The predicted molar refractivity (Wildman–Crippen MR) is 61.6 cm³/mol. The molecule has 2 heterocycles. The van der Waals surface area contributed by atoms with Crippen molar-refractivity contribution in [2.24, 2.45) is 0 Å². The summed E-state index contributed by atoms with van der Waals surface area (Å²) in [4.78, 5) is 21.5. The second-order valence-corrected chi connectivity index (χ2v) is 3.69. The molecule has 0 bridgehead atoms. The van der Waals surface area contributed by atoms with E-state index in [-0.39, 0.29) is 11.5 Å². The fourth-order valence-corrected chi connectivity index (χ4v) is 1.51. The first kappa shape index (κ1) is 13.7. The van der Waals surface area contributed by atoms with Crippen molar-refractivity contribution in [1.82, 2.24) is 15.0 Å². The number of nitrogens with zero attached hydrogens (tertiary/aromatic N) is 3. The zero-order valence-corrected chi connectivity index (χ0v) is 9.72. The van der Waals surface area contributed by atoms with E-state index in [4.69, 9.17) is 10.8 Å². The normalized spacial score (nSPS) is 11.3. The lowest BCUT2D eigenvalue weighted by Crippen LogP contribution is -2.12. The van der Waals surface area contributed by atoms with Crippen molar-refractivity contribution in [3.05, 3.63) is 35.8 Å². The summed E-state index contributed by atoms with van der Waals surface area (Å²) in [5, 5.41) is 8.84. The Hall–Kier alpha value is -2.71. The number of aromatic nitrogens is 3. The molecule has 0 aromatic carbocycles. The number of halogens is 3. The van der Waals surface area contributed by atoms with Gasteiger partial charge in [0, 0.05) is 6.20 Å². The van der Waals surface area contributed by atoms with Crippen LogP contribution in [0.2, 0.25) is 0 Å². The van der Waals surface area contributed by atoms with E-state index in [1.807, 2.05) is 0 Å². The zero-order chi connectivity index (χ0) is 14.9. The minimum atomic E-state index is -4.64. The summed E-state index contributed by atoms with van der Waals surface area (Å²) < 4.78 is 38.5. The number of carbonyl (C=O) groups is 1. The summed E-state index contributed by atoms with van der Waals surface area (Å²) in [6, 6.07) is 1.94. The Morgan fingerprint density at radius 2 is 2.00 bits per heavy atom. The monoisotopic (exact) mass is 284 g/mol. The molecule has 0 fully saturated rings. The molecule has 0 spiro atoms. The van der Waals surface area contributed by atoms with Crippen LogP contribution in [0.4, 0.5) is 19.0 Å². The van der Waals surface area contributed by atoms with E-state index >= 15 is 0 Å². The third-order valence-electron chi connectivity index (χ3n) is 2.36. The number of nitrogens with two attached hydrogens (primary N) is 1. The molecule has 0 atom stereocenters. The van der Waals surface area contributed by atoms with Crippen LogP contribution in [0.25, 0.3) is 11.4 Å². The van der Waals surface area contributed by atoms with Gasteiger partial charge in [-0.05, 0) is 12.1 Å². The van der Waals surface area contributed by atoms with Gasteiger partial charge in [0.05, 0.1) is 11.8 Å². The summed E-state index contributed by atoms with van der Waals surface area (Å²) >= 11 is 0. The molecule has 0 radical (unpaired) electrons. The van der Waals surface area contributed by atoms with E-state index in [9.17, 15) is 18.0 Å². The minimum absolute atomic E-state index is 0.315. The lowest BCUT2D eigenvalue weighted by molar-refractivity contribution is -0.137. The standard InChI is InChI=1S/C11H7F3N4O2/c12-11(13,14)5-2-1-3-16-7(5)6-4-17-9(15)8(18-6)10(19)20/h1-4H,(H2,15,17)(H,19,20). The topological polar surface area (TPSA) is 102 Å². The molecule has 9 heteroatoms. The fraction of sp³-hybridized carbons (Fsp3) is 0.0909. The van der Waals surface area contributed by atoms with Crippen LogP contribution in [0.5, 0.6) is 0 Å². The van der Waals surface area contributed by atoms with Crippen molar-refractivity contribution < 1.29 is 23.1 Å². The summed E-state index contributed by atoms with van der Waals surface area (Å²) in [6.45, 7) is 0. The van der Waals surface area contributed by atoms with Crippen molar-refractivity contribution in [2.45, 2.75) is 6.18 Å². The van der Waals surface area contributed by atoms with E-state index in [1.54, 1.807) is 0 Å². The van der Waals surface area contributed by atoms with Gasteiger partial charge in [-0.15, -0.1) is 0 Å². The van der Waals surface area contributed by atoms with Gasteiger partial charge in [-0.25, -0.2) is 14.8 Å². The summed E-state index contributed by atoms with van der Waals surface area (Å²) in [5.74, 6) is -1.87. The number of carboxylic acids is 1. The van der Waals surface area contributed by atoms with Gasteiger partial charge in [0.25, 0.3) is 0 Å². The van der Waals surface area contributed by atoms with Gasteiger partial charge in [-0.3, -0.25) is 4.98 Å². The van der Waals surface area contributed by atoms with Crippen molar-refractivity contribution in [2.75, 3.05) is 5.73 Å². The maximum Gasteiger partial charge on any atom is 0.418 e. The molecule has 0 amide bonds. The molecule has 3 N–H and O–H groups in total. The number of nitrogen functional groups attached to an aromatic ring is 1. The first-order valence-corrected chi connectivity index (χ1v) is 5.19. The van der Waals surface area contributed by atoms with E-state index in [0.717, 1.165) is 24.5 Å². The number of hydrogen-bond acceptors (Lipinski definition) is 5. The number of carboxylic acid groups (broad SMARTS) is 1. The summed E-state index contributed by atoms with van der Waals surface area (Å²) in [6.07, 6.45) is -2.56. The largest absolute Gasteiger partial charge is 0.476 e. The first-order valence-electron chi connectivity index (χ1n) is 5.19. The average molecular weight is 284 g/mol. The molecule has 2 rings (SSSR count). The Labute approximate surface area is 110 Å². The highest BCUT2D eigenvalue weighted by Crippen LogP contribution is 2.35. The molecule has 0 aliphatic heterocycles. The molecular weight excluding hydrogens is 277 g/mol. The highest BCUT2D eigenvalue weighted by Gasteiger charge is 2.35. The second-order valence-electron chi connectivity index (χ2n) is 3.69. The van der Waals surface area contributed by atoms with Gasteiger partial charge in [0.15, 0.2) is 11.5 Å². The van der Waals surface area contributed by atoms with E-state index in [2.05, 4.69) is 15.0 Å². The van der Waals surface area contributed by atoms with E-state index in [0.29, 0.717) is 0 Å². The van der Waals surface area contributed by atoms with Crippen LogP contribution in [0.1, 0.15) is 16.1 Å². The lowest BCUT2D eigenvalue weighted by Gasteiger charge is -2.11. The van der Waals surface area contributed by atoms with Crippen LogP contribution < -0.4 is 5.73 Å². The number of aromatic carboxylic acids is 1. The van der Waals surface area contributed by atoms with Crippen LogP contribution in [0.15, 0.2) is 24.5 Å². The van der Waals surface area contributed by atoms with Gasteiger partial charge in [-0.2, -0.15) is 13.2 Å².